The molecule has 1 atom stereocenters. The highest BCUT2D eigenvalue weighted by Gasteiger charge is 2.24. The summed E-state index contributed by atoms with van der Waals surface area (Å²) >= 11 is 2.88. The monoisotopic (exact) mass is 339 g/mol. The van der Waals surface area contributed by atoms with Gasteiger partial charge in [0.05, 0.1) is 9.37 Å². The Bertz CT molecular complexity index is 588. The molecule has 0 aliphatic heterocycles. The van der Waals surface area contributed by atoms with Gasteiger partial charge in [0.15, 0.2) is 0 Å². The van der Waals surface area contributed by atoms with Crippen molar-refractivity contribution in [3.8, 4) is 0 Å². The largest absolute Gasteiger partial charge is 0.480 e. The molecule has 0 spiro atoms. The van der Waals surface area contributed by atoms with Gasteiger partial charge in [-0.05, 0) is 47.5 Å². The van der Waals surface area contributed by atoms with Crippen LogP contribution < -0.4 is 4.72 Å². The van der Waals surface area contributed by atoms with Crippen molar-refractivity contribution in [3.63, 3.8) is 0 Å². The number of halogens is 2. The van der Waals surface area contributed by atoms with Gasteiger partial charge in [-0.1, -0.05) is 0 Å². The molecule has 18 heavy (non-hydrogen) atoms. The lowest BCUT2D eigenvalue weighted by Gasteiger charge is -2.12. The van der Waals surface area contributed by atoms with E-state index in [1.165, 1.54) is 13.8 Å². The van der Waals surface area contributed by atoms with Crippen molar-refractivity contribution in [2.75, 3.05) is 0 Å². The number of benzene rings is 1. The lowest BCUT2D eigenvalue weighted by molar-refractivity contribution is -0.138. The van der Waals surface area contributed by atoms with Gasteiger partial charge in [-0.15, -0.1) is 0 Å². The van der Waals surface area contributed by atoms with Crippen LogP contribution in [0.3, 0.4) is 0 Å². The Morgan fingerprint density at radius 1 is 1.50 bits per heavy atom. The van der Waals surface area contributed by atoms with E-state index >= 15 is 0 Å². The molecule has 100 valence electrons. The summed E-state index contributed by atoms with van der Waals surface area (Å²) in [6.45, 7) is 2.63. The Morgan fingerprint density at radius 3 is 2.56 bits per heavy atom. The second kappa shape index (κ2) is 5.33. The first-order valence-corrected chi connectivity index (χ1v) is 7.13. The van der Waals surface area contributed by atoms with Crippen molar-refractivity contribution < 1.29 is 22.7 Å². The van der Waals surface area contributed by atoms with Crippen LogP contribution in [0, 0.1) is 12.7 Å². The molecule has 0 aromatic heterocycles. The Morgan fingerprint density at radius 2 is 2.06 bits per heavy atom. The van der Waals surface area contributed by atoms with E-state index in [2.05, 4.69) is 15.9 Å². The molecule has 0 saturated carbocycles. The molecule has 1 aromatic rings. The van der Waals surface area contributed by atoms with Crippen LogP contribution in [-0.2, 0) is 14.8 Å². The maximum absolute atomic E-state index is 13.2. The lowest BCUT2D eigenvalue weighted by Crippen LogP contribution is -2.38. The number of carbonyl (C=O) groups is 1. The predicted molar refractivity (Wildman–Crippen MR) is 66.3 cm³/mol. The summed E-state index contributed by atoms with van der Waals surface area (Å²) < 4.78 is 39.0. The number of aryl methyl sites for hydroxylation is 1. The fourth-order valence-electron chi connectivity index (χ4n) is 1.26. The highest BCUT2D eigenvalue weighted by atomic mass is 79.9. The minimum absolute atomic E-state index is 0.00328. The van der Waals surface area contributed by atoms with E-state index < -0.39 is 27.9 Å². The van der Waals surface area contributed by atoms with Crippen LogP contribution in [-0.4, -0.2) is 25.5 Å². The Balaban J connectivity index is 3.21. The van der Waals surface area contributed by atoms with Gasteiger partial charge in [-0.2, -0.15) is 4.72 Å². The van der Waals surface area contributed by atoms with Gasteiger partial charge < -0.3 is 5.11 Å². The quantitative estimate of drug-likeness (QED) is 0.873. The zero-order valence-electron chi connectivity index (χ0n) is 9.57. The average molecular weight is 340 g/mol. The summed E-state index contributed by atoms with van der Waals surface area (Å²) in [7, 11) is -4.00. The summed E-state index contributed by atoms with van der Waals surface area (Å²) in [4.78, 5) is 10.5. The average Bonchev–Trinajstić information content (AvgIpc) is 2.22. The van der Waals surface area contributed by atoms with E-state index in [0.29, 0.717) is 0 Å². The molecule has 0 heterocycles. The zero-order valence-corrected chi connectivity index (χ0v) is 12.0. The standard InChI is InChI=1S/C10H11BrFNO4S/c1-5-3-8(12)7(11)4-9(5)18(16,17)13-6(2)10(14)15/h3-4,6,13H,1-2H3,(H,14,15). The smallest absolute Gasteiger partial charge is 0.321 e. The molecule has 0 aliphatic rings. The van der Waals surface area contributed by atoms with Crippen molar-refractivity contribution in [2.24, 2.45) is 0 Å². The first-order valence-electron chi connectivity index (χ1n) is 4.86. The van der Waals surface area contributed by atoms with Crippen molar-refractivity contribution in [1.82, 2.24) is 4.72 Å². The molecule has 0 bridgehead atoms. The number of nitrogens with one attached hydrogen (secondary N) is 1. The number of hydrogen-bond donors (Lipinski definition) is 2. The van der Waals surface area contributed by atoms with Gasteiger partial charge in [0.1, 0.15) is 11.9 Å². The van der Waals surface area contributed by atoms with Crippen molar-refractivity contribution in [3.05, 3.63) is 28.0 Å². The number of carboxylic acid groups (broad SMARTS) is 1. The molecular formula is C10H11BrFNO4S. The van der Waals surface area contributed by atoms with Gasteiger partial charge in [0, 0.05) is 0 Å². The number of rotatable bonds is 4. The van der Waals surface area contributed by atoms with E-state index in [-0.39, 0.29) is 14.9 Å². The minimum Gasteiger partial charge on any atom is -0.480 e. The normalized spacial score (nSPS) is 13.3. The number of sulfonamides is 1. The second-order valence-electron chi connectivity index (χ2n) is 3.71. The molecular weight excluding hydrogens is 329 g/mol. The Labute approximate surface area is 112 Å². The summed E-state index contributed by atoms with van der Waals surface area (Å²) in [5.41, 5.74) is 0.195. The van der Waals surface area contributed by atoms with Gasteiger partial charge in [-0.25, -0.2) is 12.8 Å². The predicted octanol–water partition coefficient (Wildman–Crippen LogP) is 1.65. The lowest BCUT2D eigenvalue weighted by atomic mass is 10.2. The van der Waals surface area contributed by atoms with Crippen LogP contribution in [0.25, 0.3) is 0 Å². The van der Waals surface area contributed by atoms with E-state index in [9.17, 15) is 17.6 Å². The maximum atomic E-state index is 13.2. The van der Waals surface area contributed by atoms with Crippen LogP contribution in [0.15, 0.2) is 21.5 Å². The molecule has 0 radical (unpaired) electrons. The van der Waals surface area contributed by atoms with E-state index in [1.54, 1.807) is 0 Å². The van der Waals surface area contributed by atoms with Gasteiger partial charge >= 0.3 is 5.97 Å². The molecule has 2 N–H and O–H groups in total. The Kier molecular flexibility index (Phi) is 4.46. The van der Waals surface area contributed by atoms with Crippen LogP contribution in [0.5, 0.6) is 0 Å². The molecule has 0 amide bonds. The topological polar surface area (TPSA) is 83.5 Å². The van der Waals surface area contributed by atoms with E-state index in [0.717, 1.165) is 12.1 Å². The highest BCUT2D eigenvalue weighted by Crippen LogP contribution is 2.23. The summed E-state index contributed by atoms with van der Waals surface area (Å²) in [6.07, 6.45) is 0. The third-order valence-corrected chi connectivity index (χ3v) is 4.50. The highest BCUT2D eigenvalue weighted by molar-refractivity contribution is 9.10. The molecule has 1 aromatic carbocycles. The first kappa shape index (κ1) is 15.1. The summed E-state index contributed by atoms with van der Waals surface area (Å²) in [6, 6.07) is 0.893. The van der Waals surface area contributed by atoms with Crippen molar-refractivity contribution in [1.29, 1.82) is 0 Å². The van der Waals surface area contributed by atoms with E-state index in [4.69, 9.17) is 5.11 Å². The van der Waals surface area contributed by atoms with Crippen LogP contribution in [0.2, 0.25) is 0 Å². The molecule has 0 fully saturated rings. The molecule has 1 unspecified atom stereocenters. The molecule has 5 nitrogen and oxygen atoms in total. The third kappa shape index (κ3) is 3.27. The summed E-state index contributed by atoms with van der Waals surface area (Å²) in [5, 5.41) is 8.66. The fraction of sp³-hybridized carbons (Fsp3) is 0.300. The van der Waals surface area contributed by atoms with E-state index in [1.807, 2.05) is 4.72 Å². The van der Waals surface area contributed by atoms with Gasteiger partial charge in [0.2, 0.25) is 10.0 Å². The van der Waals surface area contributed by atoms with Crippen molar-refractivity contribution in [2.45, 2.75) is 24.8 Å². The van der Waals surface area contributed by atoms with Crippen LogP contribution in [0.1, 0.15) is 12.5 Å². The Hall–Kier alpha value is -0.990. The first-order chi connectivity index (χ1) is 8.15. The SMILES string of the molecule is Cc1cc(F)c(Br)cc1S(=O)(=O)NC(C)C(=O)O. The second-order valence-corrected chi connectivity index (χ2v) is 6.25. The fourth-order valence-corrected chi connectivity index (χ4v) is 3.21. The number of aliphatic carboxylic acids is 1. The van der Waals surface area contributed by atoms with Crippen LogP contribution >= 0.6 is 15.9 Å². The van der Waals surface area contributed by atoms with Gasteiger partial charge in [-0.3, -0.25) is 4.79 Å². The third-order valence-electron chi connectivity index (χ3n) is 2.21. The minimum atomic E-state index is -4.00. The van der Waals surface area contributed by atoms with Crippen LogP contribution in [0.4, 0.5) is 4.39 Å². The van der Waals surface area contributed by atoms with Crippen molar-refractivity contribution >= 4 is 31.9 Å². The molecule has 8 heteroatoms. The molecule has 0 saturated heterocycles. The zero-order chi connectivity index (χ0) is 14.1. The summed E-state index contributed by atoms with van der Waals surface area (Å²) in [5.74, 6) is -1.88. The van der Waals surface area contributed by atoms with Gasteiger partial charge in [0.25, 0.3) is 0 Å². The molecule has 1 rings (SSSR count). The number of carboxylic acids is 1. The number of hydrogen-bond acceptors (Lipinski definition) is 3. The maximum Gasteiger partial charge on any atom is 0.321 e. The molecule has 0 aliphatic carbocycles.